The average Bonchev–Trinajstić information content (AvgIpc) is 3.22. The Bertz CT molecular complexity index is 929. The van der Waals surface area contributed by atoms with Crippen molar-refractivity contribution in [2.75, 3.05) is 11.9 Å². The second-order valence-electron chi connectivity index (χ2n) is 7.32. The lowest BCUT2D eigenvalue weighted by molar-refractivity contribution is 0.0939. The maximum Gasteiger partial charge on any atom is 0.222 e. The standard InChI is InChI=1S/C21H23FN4O2/c1-21(23,7-10-26-20-24-8-3-9-25-20)18-6-5-14-12-15(22)13-16(19(14)28-18)17-4-2-11-27-17/h2-4,8-9,11-13,18H,5-7,10,23H2,1H3,(H,24,25,26). The van der Waals surface area contributed by atoms with Crippen LogP contribution in [0.3, 0.4) is 0 Å². The number of hydrogen-bond acceptors (Lipinski definition) is 6. The minimum atomic E-state index is -0.575. The number of hydrogen-bond donors (Lipinski definition) is 2. The molecule has 1 aliphatic heterocycles. The van der Waals surface area contributed by atoms with Crippen LogP contribution in [0.15, 0.2) is 53.4 Å². The van der Waals surface area contributed by atoms with E-state index in [0.29, 0.717) is 42.4 Å². The van der Waals surface area contributed by atoms with Crippen LogP contribution in [0.5, 0.6) is 5.75 Å². The average molecular weight is 382 g/mol. The fraction of sp³-hybridized carbons (Fsp3) is 0.333. The molecule has 0 bridgehead atoms. The van der Waals surface area contributed by atoms with Crippen molar-refractivity contribution in [3.8, 4) is 17.1 Å². The van der Waals surface area contributed by atoms with Gasteiger partial charge in [0, 0.05) is 18.9 Å². The van der Waals surface area contributed by atoms with Crippen molar-refractivity contribution in [3.63, 3.8) is 0 Å². The monoisotopic (exact) mass is 382 g/mol. The van der Waals surface area contributed by atoms with Crippen LogP contribution in [0, 0.1) is 5.82 Å². The summed E-state index contributed by atoms with van der Waals surface area (Å²) >= 11 is 0. The number of anilines is 1. The van der Waals surface area contributed by atoms with Gasteiger partial charge < -0.3 is 20.2 Å². The molecule has 146 valence electrons. The van der Waals surface area contributed by atoms with Gasteiger partial charge in [-0.2, -0.15) is 0 Å². The largest absolute Gasteiger partial charge is 0.487 e. The summed E-state index contributed by atoms with van der Waals surface area (Å²) in [5.74, 6) is 1.51. The topological polar surface area (TPSA) is 86.2 Å². The zero-order valence-electron chi connectivity index (χ0n) is 15.7. The van der Waals surface area contributed by atoms with Gasteiger partial charge in [0.05, 0.1) is 17.4 Å². The Kier molecular flexibility index (Phi) is 5.00. The number of benzene rings is 1. The number of nitrogens with two attached hydrogens (primary N) is 1. The summed E-state index contributed by atoms with van der Waals surface area (Å²) in [6, 6.07) is 8.32. The first-order valence-corrected chi connectivity index (χ1v) is 9.36. The molecular weight excluding hydrogens is 359 g/mol. The van der Waals surface area contributed by atoms with Gasteiger partial charge in [0.25, 0.3) is 0 Å². The highest BCUT2D eigenvalue weighted by Crippen LogP contribution is 2.40. The Labute approximate surface area is 162 Å². The highest BCUT2D eigenvalue weighted by Gasteiger charge is 2.36. The lowest BCUT2D eigenvalue weighted by Crippen LogP contribution is -2.53. The quantitative estimate of drug-likeness (QED) is 0.675. The van der Waals surface area contributed by atoms with Gasteiger partial charge in [-0.1, -0.05) is 0 Å². The molecule has 0 amide bonds. The Morgan fingerprint density at radius 1 is 1.29 bits per heavy atom. The predicted molar refractivity (Wildman–Crippen MR) is 105 cm³/mol. The first-order chi connectivity index (χ1) is 13.5. The predicted octanol–water partition coefficient (Wildman–Crippen LogP) is 3.79. The molecular formula is C21H23FN4O2. The van der Waals surface area contributed by atoms with Gasteiger partial charge in [-0.15, -0.1) is 0 Å². The van der Waals surface area contributed by atoms with Crippen LogP contribution in [0.4, 0.5) is 10.3 Å². The van der Waals surface area contributed by atoms with Crippen molar-refractivity contribution in [2.24, 2.45) is 5.73 Å². The molecule has 7 heteroatoms. The number of halogens is 1. The number of nitrogens with zero attached hydrogens (tertiary/aromatic N) is 2. The lowest BCUT2D eigenvalue weighted by atomic mass is 9.85. The molecule has 3 N–H and O–H groups in total. The number of fused-ring (bicyclic) bond motifs is 1. The third kappa shape index (κ3) is 3.84. The van der Waals surface area contributed by atoms with Gasteiger partial charge in [-0.3, -0.25) is 0 Å². The van der Waals surface area contributed by atoms with Crippen LogP contribution >= 0.6 is 0 Å². The third-order valence-electron chi connectivity index (χ3n) is 5.10. The SMILES string of the molecule is CC(N)(CCNc1ncccn1)C1CCc2cc(F)cc(-c3ccco3)c2O1. The van der Waals surface area contributed by atoms with Crippen LogP contribution < -0.4 is 15.8 Å². The fourth-order valence-corrected chi connectivity index (χ4v) is 3.54. The molecule has 3 aromatic rings. The third-order valence-corrected chi connectivity index (χ3v) is 5.10. The van der Waals surface area contributed by atoms with Gasteiger partial charge in [0.15, 0.2) is 0 Å². The first kappa shape index (κ1) is 18.4. The molecule has 2 unspecified atom stereocenters. The first-order valence-electron chi connectivity index (χ1n) is 9.36. The van der Waals surface area contributed by atoms with Crippen molar-refractivity contribution in [1.29, 1.82) is 0 Å². The molecule has 2 atom stereocenters. The van der Waals surface area contributed by atoms with Crippen LogP contribution in [0.2, 0.25) is 0 Å². The summed E-state index contributed by atoms with van der Waals surface area (Å²) < 4.78 is 25.8. The molecule has 1 aromatic carbocycles. The number of furan rings is 1. The van der Waals surface area contributed by atoms with E-state index < -0.39 is 5.54 Å². The number of ether oxygens (including phenoxy) is 1. The Balaban J connectivity index is 1.49. The van der Waals surface area contributed by atoms with Gasteiger partial charge in [0.1, 0.15) is 23.4 Å². The highest BCUT2D eigenvalue weighted by atomic mass is 19.1. The van der Waals surface area contributed by atoms with E-state index in [2.05, 4.69) is 15.3 Å². The van der Waals surface area contributed by atoms with Crippen molar-refractivity contribution in [3.05, 3.63) is 60.4 Å². The van der Waals surface area contributed by atoms with Crippen molar-refractivity contribution in [1.82, 2.24) is 9.97 Å². The molecule has 6 nitrogen and oxygen atoms in total. The number of nitrogens with one attached hydrogen (secondary N) is 1. The van der Waals surface area contributed by atoms with Crippen molar-refractivity contribution >= 4 is 5.95 Å². The molecule has 0 aliphatic carbocycles. The molecule has 2 aromatic heterocycles. The minimum absolute atomic E-state index is 0.197. The summed E-state index contributed by atoms with van der Waals surface area (Å²) in [6.45, 7) is 2.60. The highest BCUT2D eigenvalue weighted by molar-refractivity contribution is 5.68. The van der Waals surface area contributed by atoms with Gasteiger partial charge in [0.2, 0.25) is 5.95 Å². The molecule has 28 heavy (non-hydrogen) atoms. The molecule has 3 heterocycles. The van der Waals surface area contributed by atoms with Gasteiger partial charge >= 0.3 is 0 Å². The summed E-state index contributed by atoms with van der Waals surface area (Å²) in [7, 11) is 0. The van der Waals surface area contributed by atoms with E-state index >= 15 is 0 Å². The second kappa shape index (κ2) is 7.59. The molecule has 0 fully saturated rings. The van der Waals surface area contributed by atoms with Crippen molar-refractivity contribution < 1.29 is 13.5 Å². The van der Waals surface area contributed by atoms with Crippen LogP contribution in [-0.4, -0.2) is 28.2 Å². The Hall–Kier alpha value is -2.93. The molecule has 4 rings (SSSR count). The zero-order chi connectivity index (χ0) is 19.6. The van der Waals surface area contributed by atoms with Crippen molar-refractivity contribution in [2.45, 2.75) is 37.8 Å². The Morgan fingerprint density at radius 3 is 2.86 bits per heavy atom. The number of aryl methyl sites for hydroxylation is 1. The van der Waals surface area contributed by atoms with E-state index in [1.165, 1.54) is 12.1 Å². The summed E-state index contributed by atoms with van der Waals surface area (Å²) in [5.41, 5.74) is 7.50. The zero-order valence-corrected chi connectivity index (χ0v) is 15.7. The summed E-state index contributed by atoms with van der Waals surface area (Å²) in [5, 5.41) is 3.18. The maximum atomic E-state index is 14.1. The smallest absolute Gasteiger partial charge is 0.222 e. The second-order valence-corrected chi connectivity index (χ2v) is 7.32. The molecule has 0 radical (unpaired) electrons. The lowest BCUT2D eigenvalue weighted by Gasteiger charge is -2.38. The Morgan fingerprint density at radius 2 is 2.11 bits per heavy atom. The van der Waals surface area contributed by atoms with Crippen LogP contribution in [-0.2, 0) is 6.42 Å². The number of aromatic nitrogens is 2. The van der Waals surface area contributed by atoms with Crippen LogP contribution in [0.25, 0.3) is 11.3 Å². The molecule has 1 aliphatic rings. The van der Waals surface area contributed by atoms with Gasteiger partial charge in [-0.25, -0.2) is 14.4 Å². The van der Waals surface area contributed by atoms with E-state index in [-0.39, 0.29) is 11.9 Å². The van der Waals surface area contributed by atoms with Crippen LogP contribution in [0.1, 0.15) is 25.3 Å². The van der Waals surface area contributed by atoms with Gasteiger partial charge in [-0.05, 0) is 62.1 Å². The summed E-state index contributed by atoms with van der Waals surface area (Å²) in [6.07, 6.45) is 6.84. The molecule has 0 spiro atoms. The maximum absolute atomic E-state index is 14.1. The van der Waals surface area contributed by atoms with E-state index in [9.17, 15) is 4.39 Å². The van der Waals surface area contributed by atoms with E-state index in [1.54, 1.807) is 36.9 Å². The summed E-state index contributed by atoms with van der Waals surface area (Å²) in [4.78, 5) is 8.30. The normalized spacial score (nSPS) is 18.0. The fourth-order valence-electron chi connectivity index (χ4n) is 3.54. The van der Waals surface area contributed by atoms with E-state index in [1.807, 2.05) is 6.92 Å². The minimum Gasteiger partial charge on any atom is -0.487 e. The number of rotatable bonds is 6. The molecule has 0 saturated carbocycles. The van der Waals surface area contributed by atoms with E-state index in [0.717, 1.165) is 12.0 Å². The van der Waals surface area contributed by atoms with E-state index in [4.69, 9.17) is 14.9 Å². The molecule has 0 saturated heterocycles.